The Morgan fingerprint density at radius 2 is 1.71 bits per heavy atom. The van der Waals surface area contributed by atoms with Gasteiger partial charge in [0.2, 0.25) is 0 Å². The largest absolute Gasteiger partial charge is 0.481 e. The molecule has 0 spiro atoms. The highest BCUT2D eigenvalue weighted by molar-refractivity contribution is 5.98. The fourth-order valence-electron chi connectivity index (χ4n) is 2.40. The topological polar surface area (TPSA) is 54.4 Å². The number of hydrogen-bond donors (Lipinski definition) is 1. The third-order valence-electron chi connectivity index (χ3n) is 3.49. The SMILES string of the molecule is Cc1ccc(C(=O)[C@H]2CC[C@@H](C(=O)O)C2)cc1. The minimum atomic E-state index is -0.774. The third kappa shape index (κ3) is 2.54. The van der Waals surface area contributed by atoms with Gasteiger partial charge in [-0.2, -0.15) is 0 Å². The Kier molecular flexibility index (Phi) is 3.27. The molecule has 1 fully saturated rings. The first-order valence-electron chi connectivity index (χ1n) is 5.91. The van der Waals surface area contributed by atoms with Crippen LogP contribution in [-0.2, 0) is 4.79 Å². The van der Waals surface area contributed by atoms with Crippen LogP contribution in [-0.4, -0.2) is 16.9 Å². The minimum Gasteiger partial charge on any atom is -0.481 e. The van der Waals surface area contributed by atoms with E-state index in [0.717, 1.165) is 5.56 Å². The van der Waals surface area contributed by atoms with E-state index in [1.807, 2.05) is 31.2 Å². The molecule has 3 nitrogen and oxygen atoms in total. The molecule has 1 aliphatic rings. The number of Topliss-reactive ketones (excluding diaryl/α,β-unsaturated/α-hetero) is 1. The molecule has 0 bridgehead atoms. The summed E-state index contributed by atoms with van der Waals surface area (Å²) in [6.45, 7) is 1.98. The van der Waals surface area contributed by atoms with Crippen LogP contribution in [0.4, 0.5) is 0 Å². The summed E-state index contributed by atoms with van der Waals surface area (Å²) in [6, 6.07) is 7.48. The zero-order chi connectivity index (χ0) is 12.4. The first kappa shape index (κ1) is 11.8. The second kappa shape index (κ2) is 4.70. The Morgan fingerprint density at radius 1 is 1.12 bits per heavy atom. The monoisotopic (exact) mass is 232 g/mol. The average Bonchev–Trinajstić information content (AvgIpc) is 2.78. The molecule has 1 aromatic carbocycles. The van der Waals surface area contributed by atoms with Gasteiger partial charge in [-0.1, -0.05) is 29.8 Å². The molecule has 2 atom stereocenters. The molecule has 2 rings (SSSR count). The van der Waals surface area contributed by atoms with Gasteiger partial charge in [0.15, 0.2) is 5.78 Å². The predicted octanol–water partition coefficient (Wildman–Crippen LogP) is 2.68. The quantitative estimate of drug-likeness (QED) is 0.815. The van der Waals surface area contributed by atoms with Crippen LogP contribution in [0.1, 0.15) is 35.2 Å². The summed E-state index contributed by atoms with van der Waals surface area (Å²) in [6.07, 6.45) is 1.81. The predicted molar refractivity (Wildman–Crippen MR) is 64.0 cm³/mol. The van der Waals surface area contributed by atoms with Crippen LogP contribution < -0.4 is 0 Å². The normalized spacial score (nSPS) is 23.6. The number of benzene rings is 1. The molecule has 0 heterocycles. The average molecular weight is 232 g/mol. The molecule has 1 aromatic rings. The number of carbonyl (C=O) groups is 2. The number of rotatable bonds is 3. The zero-order valence-electron chi connectivity index (χ0n) is 9.85. The summed E-state index contributed by atoms with van der Waals surface area (Å²) in [5.74, 6) is -1.13. The van der Waals surface area contributed by atoms with E-state index in [1.54, 1.807) is 0 Å². The van der Waals surface area contributed by atoms with E-state index in [1.165, 1.54) is 0 Å². The highest BCUT2D eigenvalue weighted by Gasteiger charge is 2.33. The van der Waals surface area contributed by atoms with Gasteiger partial charge in [0.05, 0.1) is 5.92 Å². The molecule has 0 amide bonds. The molecule has 1 N–H and O–H groups in total. The Balaban J connectivity index is 2.07. The number of carboxylic acids is 1. The summed E-state index contributed by atoms with van der Waals surface area (Å²) in [7, 11) is 0. The fraction of sp³-hybridized carbons (Fsp3) is 0.429. The van der Waals surface area contributed by atoms with Crippen LogP contribution in [0.3, 0.4) is 0 Å². The third-order valence-corrected chi connectivity index (χ3v) is 3.49. The lowest BCUT2D eigenvalue weighted by Crippen LogP contribution is -2.14. The molecular formula is C14H16O3. The number of carboxylic acid groups (broad SMARTS) is 1. The van der Waals surface area contributed by atoms with Gasteiger partial charge in [-0.3, -0.25) is 9.59 Å². The van der Waals surface area contributed by atoms with Crippen molar-refractivity contribution in [3.8, 4) is 0 Å². The van der Waals surface area contributed by atoms with Crippen LogP contribution in [0.5, 0.6) is 0 Å². The Bertz CT molecular complexity index is 433. The maximum absolute atomic E-state index is 12.1. The van der Waals surface area contributed by atoms with Crippen molar-refractivity contribution in [2.75, 3.05) is 0 Å². The maximum atomic E-state index is 12.1. The number of carbonyl (C=O) groups excluding carboxylic acids is 1. The number of aryl methyl sites for hydroxylation is 1. The van der Waals surface area contributed by atoms with E-state index in [0.29, 0.717) is 24.8 Å². The molecule has 0 unspecified atom stereocenters. The smallest absolute Gasteiger partial charge is 0.306 e. The van der Waals surface area contributed by atoms with Crippen molar-refractivity contribution in [1.29, 1.82) is 0 Å². The summed E-state index contributed by atoms with van der Waals surface area (Å²) in [4.78, 5) is 23.0. The Labute approximate surface area is 100 Å². The van der Waals surface area contributed by atoms with Crippen molar-refractivity contribution in [2.24, 2.45) is 11.8 Å². The maximum Gasteiger partial charge on any atom is 0.306 e. The molecule has 0 aliphatic heterocycles. The van der Waals surface area contributed by atoms with Gasteiger partial charge in [0.1, 0.15) is 0 Å². The van der Waals surface area contributed by atoms with Crippen LogP contribution in [0, 0.1) is 18.8 Å². The number of aliphatic carboxylic acids is 1. The molecule has 0 saturated heterocycles. The van der Waals surface area contributed by atoms with E-state index in [4.69, 9.17) is 5.11 Å². The fourth-order valence-corrected chi connectivity index (χ4v) is 2.40. The van der Waals surface area contributed by atoms with Crippen LogP contribution in [0.25, 0.3) is 0 Å². The zero-order valence-corrected chi connectivity index (χ0v) is 9.85. The molecular weight excluding hydrogens is 216 g/mol. The molecule has 17 heavy (non-hydrogen) atoms. The Morgan fingerprint density at radius 3 is 2.24 bits per heavy atom. The second-order valence-electron chi connectivity index (χ2n) is 4.78. The van der Waals surface area contributed by atoms with Crippen molar-refractivity contribution >= 4 is 11.8 Å². The number of ketones is 1. The van der Waals surface area contributed by atoms with Gasteiger partial charge in [-0.15, -0.1) is 0 Å². The molecule has 1 aliphatic carbocycles. The Hall–Kier alpha value is -1.64. The molecule has 90 valence electrons. The van der Waals surface area contributed by atoms with Gasteiger partial charge in [-0.25, -0.2) is 0 Å². The van der Waals surface area contributed by atoms with E-state index >= 15 is 0 Å². The highest BCUT2D eigenvalue weighted by atomic mass is 16.4. The lowest BCUT2D eigenvalue weighted by atomic mass is 9.95. The van der Waals surface area contributed by atoms with Gasteiger partial charge < -0.3 is 5.11 Å². The van der Waals surface area contributed by atoms with Crippen molar-refractivity contribution in [3.63, 3.8) is 0 Å². The second-order valence-corrected chi connectivity index (χ2v) is 4.78. The first-order valence-corrected chi connectivity index (χ1v) is 5.91. The highest BCUT2D eigenvalue weighted by Crippen LogP contribution is 2.33. The van der Waals surface area contributed by atoms with Gasteiger partial charge in [-0.05, 0) is 26.2 Å². The van der Waals surface area contributed by atoms with Gasteiger partial charge in [0.25, 0.3) is 0 Å². The van der Waals surface area contributed by atoms with E-state index in [9.17, 15) is 9.59 Å². The summed E-state index contributed by atoms with van der Waals surface area (Å²) in [5, 5.41) is 8.91. The lowest BCUT2D eigenvalue weighted by molar-refractivity contribution is -0.141. The molecule has 1 saturated carbocycles. The van der Waals surface area contributed by atoms with Crippen molar-refractivity contribution in [2.45, 2.75) is 26.2 Å². The molecule has 0 radical (unpaired) electrons. The standard InChI is InChI=1S/C14H16O3/c1-9-2-4-10(5-3-9)13(15)11-6-7-12(8-11)14(16)17/h2-5,11-12H,6-8H2,1H3,(H,16,17)/t11-,12+/m0/s1. The van der Waals surface area contributed by atoms with E-state index in [2.05, 4.69) is 0 Å². The van der Waals surface area contributed by atoms with Gasteiger partial charge in [0, 0.05) is 11.5 Å². The van der Waals surface area contributed by atoms with Crippen LogP contribution in [0.15, 0.2) is 24.3 Å². The minimum absolute atomic E-state index is 0.0914. The van der Waals surface area contributed by atoms with E-state index < -0.39 is 5.97 Å². The van der Waals surface area contributed by atoms with Crippen molar-refractivity contribution in [1.82, 2.24) is 0 Å². The van der Waals surface area contributed by atoms with E-state index in [-0.39, 0.29) is 17.6 Å². The number of hydrogen-bond acceptors (Lipinski definition) is 2. The van der Waals surface area contributed by atoms with Crippen LogP contribution in [0.2, 0.25) is 0 Å². The summed E-state index contributed by atoms with van der Waals surface area (Å²) >= 11 is 0. The van der Waals surface area contributed by atoms with Crippen molar-refractivity contribution in [3.05, 3.63) is 35.4 Å². The first-order chi connectivity index (χ1) is 8.08. The lowest BCUT2D eigenvalue weighted by Gasteiger charge is -2.08. The summed E-state index contributed by atoms with van der Waals surface area (Å²) < 4.78 is 0. The molecule has 3 heteroatoms. The van der Waals surface area contributed by atoms with Crippen molar-refractivity contribution < 1.29 is 14.7 Å². The molecule has 0 aromatic heterocycles. The summed E-state index contributed by atoms with van der Waals surface area (Å²) in [5.41, 5.74) is 1.82. The van der Waals surface area contributed by atoms with Crippen LogP contribution >= 0.6 is 0 Å². The van der Waals surface area contributed by atoms with Gasteiger partial charge >= 0.3 is 5.97 Å².